The van der Waals surface area contributed by atoms with Crippen LogP contribution < -0.4 is 5.73 Å². The summed E-state index contributed by atoms with van der Waals surface area (Å²) < 4.78 is 5.24. The number of hydrogen-bond donors (Lipinski definition) is 1. The highest BCUT2D eigenvalue weighted by atomic mass is 16.6. The molecule has 0 aliphatic heterocycles. The third-order valence-corrected chi connectivity index (χ3v) is 1.70. The molecule has 0 saturated carbocycles. The van der Waals surface area contributed by atoms with Gasteiger partial charge in [0.15, 0.2) is 0 Å². The van der Waals surface area contributed by atoms with Gasteiger partial charge in [0.1, 0.15) is 11.1 Å². The first-order chi connectivity index (χ1) is 6.04. The van der Waals surface area contributed by atoms with E-state index in [0.29, 0.717) is 12.3 Å². The largest absolute Gasteiger partial charge is 0.459 e. The third kappa shape index (κ3) is 5.22. The fourth-order valence-electron chi connectivity index (χ4n) is 1.33. The second kappa shape index (κ2) is 4.30. The first kappa shape index (κ1) is 13.4. The highest BCUT2D eigenvalue weighted by Gasteiger charge is 2.33. The van der Waals surface area contributed by atoms with Crippen LogP contribution in [0.5, 0.6) is 0 Å². The molecule has 3 heteroatoms. The summed E-state index contributed by atoms with van der Waals surface area (Å²) in [5.74, 6) is 0.0659. The van der Waals surface area contributed by atoms with E-state index in [2.05, 4.69) is 0 Å². The lowest BCUT2D eigenvalue weighted by molar-refractivity contribution is -0.161. The number of nitrogens with two attached hydrogens (primary N) is 1. The summed E-state index contributed by atoms with van der Waals surface area (Å²) in [6.07, 6.45) is 0.641. The molecule has 0 bridgehead atoms. The topological polar surface area (TPSA) is 52.3 Å². The molecule has 0 aliphatic carbocycles. The Morgan fingerprint density at radius 3 is 2.00 bits per heavy atom. The van der Waals surface area contributed by atoms with Crippen molar-refractivity contribution < 1.29 is 9.53 Å². The predicted molar refractivity (Wildman–Crippen MR) is 57.9 cm³/mol. The quantitative estimate of drug-likeness (QED) is 0.711. The molecule has 0 aromatic carbocycles. The molecule has 0 unspecified atom stereocenters. The van der Waals surface area contributed by atoms with E-state index in [1.165, 1.54) is 0 Å². The highest BCUT2D eigenvalue weighted by Crippen LogP contribution is 2.18. The van der Waals surface area contributed by atoms with E-state index in [1.807, 2.05) is 34.6 Å². The van der Waals surface area contributed by atoms with Gasteiger partial charge in [-0.25, -0.2) is 0 Å². The molecule has 0 amide bonds. The van der Waals surface area contributed by atoms with Gasteiger partial charge in [-0.2, -0.15) is 0 Å². The molecule has 0 heterocycles. The van der Waals surface area contributed by atoms with Gasteiger partial charge < -0.3 is 10.5 Å². The number of carbonyl (C=O) groups is 1. The number of hydrogen-bond acceptors (Lipinski definition) is 3. The fraction of sp³-hybridized carbons (Fsp3) is 0.909. The zero-order chi connectivity index (χ0) is 11.6. The Balaban J connectivity index is 4.36. The molecule has 0 rings (SSSR count). The minimum atomic E-state index is -0.874. The van der Waals surface area contributed by atoms with Crippen molar-refractivity contribution in [1.82, 2.24) is 0 Å². The van der Waals surface area contributed by atoms with Crippen LogP contribution in [0.15, 0.2) is 0 Å². The van der Waals surface area contributed by atoms with Crippen LogP contribution in [-0.2, 0) is 9.53 Å². The van der Waals surface area contributed by atoms with Crippen LogP contribution in [0.25, 0.3) is 0 Å². The standard InChI is InChI=1S/C11H23NO2/c1-8(2)7-11(6,12)9(13)14-10(3,4)5/h8H,7,12H2,1-6H3/t11-/m0/s1. The molecule has 1 atom stereocenters. The molecule has 0 aliphatic rings. The molecular weight excluding hydrogens is 178 g/mol. The summed E-state index contributed by atoms with van der Waals surface area (Å²) in [4.78, 5) is 11.7. The Hall–Kier alpha value is -0.570. The first-order valence-corrected chi connectivity index (χ1v) is 5.07. The molecule has 14 heavy (non-hydrogen) atoms. The van der Waals surface area contributed by atoms with E-state index < -0.39 is 11.1 Å². The fourth-order valence-corrected chi connectivity index (χ4v) is 1.33. The average molecular weight is 201 g/mol. The summed E-state index contributed by atoms with van der Waals surface area (Å²) in [6.45, 7) is 11.3. The van der Waals surface area contributed by atoms with Crippen molar-refractivity contribution in [3.05, 3.63) is 0 Å². The average Bonchev–Trinajstić information content (AvgIpc) is 1.79. The molecule has 0 spiro atoms. The van der Waals surface area contributed by atoms with Crippen molar-refractivity contribution in [1.29, 1.82) is 0 Å². The van der Waals surface area contributed by atoms with E-state index in [4.69, 9.17) is 10.5 Å². The van der Waals surface area contributed by atoms with Gasteiger partial charge in [0.25, 0.3) is 0 Å². The molecule has 84 valence electrons. The van der Waals surface area contributed by atoms with E-state index in [-0.39, 0.29) is 5.97 Å². The normalized spacial score (nSPS) is 16.6. The summed E-state index contributed by atoms with van der Waals surface area (Å²) in [5.41, 5.74) is 4.56. The van der Waals surface area contributed by atoms with Crippen LogP contribution >= 0.6 is 0 Å². The Morgan fingerprint density at radius 1 is 1.29 bits per heavy atom. The Bertz CT molecular complexity index is 202. The molecule has 2 N–H and O–H groups in total. The van der Waals surface area contributed by atoms with Crippen molar-refractivity contribution in [2.45, 2.75) is 59.1 Å². The Kier molecular flexibility index (Phi) is 4.13. The van der Waals surface area contributed by atoms with Crippen molar-refractivity contribution in [3.8, 4) is 0 Å². The van der Waals surface area contributed by atoms with Crippen LogP contribution in [-0.4, -0.2) is 17.1 Å². The minimum absolute atomic E-state index is 0.321. The van der Waals surface area contributed by atoms with Gasteiger partial charge >= 0.3 is 5.97 Å². The third-order valence-electron chi connectivity index (χ3n) is 1.70. The van der Waals surface area contributed by atoms with Crippen LogP contribution in [0, 0.1) is 5.92 Å². The van der Waals surface area contributed by atoms with E-state index in [0.717, 1.165) is 0 Å². The molecule has 0 aromatic heterocycles. The maximum atomic E-state index is 11.7. The minimum Gasteiger partial charge on any atom is -0.459 e. The lowest BCUT2D eigenvalue weighted by Crippen LogP contribution is -2.49. The molecule has 3 nitrogen and oxygen atoms in total. The number of carbonyl (C=O) groups excluding carboxylic acids is 1. The van der Waals surface area contributed by atoms with E-state index in [9.17, 15) is 4.79 Å². The molecule has 0 fully saturated rings. The Labute approximate surface area is 87.0 Å². The van der Waals surface area contributed by atoms with Crippen molar-refractivity contribution in [2.24, 2.45) is 11.7 Å². The number of rotatable bonds is 3. The van der Waals surface area contributed by atoms with Crippen molar-refractivity contribution in [3.63, 3.8) is 0 Å². The number of esters is 1. The van der Waals surface area contributed by atoms with Crippen molar-refractivity contribution in [2.75, 3.05) is 0 Å². The molecule has 0 saturated heterocycles. The van der Waals surface area contributed by atoms with Gasteiger partial charge in [-0.15, -0.1) is 0 Å². The predicted octanol–water partition coefficient (Wildman–Crippen LogP) is 2.09. The van der Waals surface area contributed by atoms with Crippen LogP contribution in [0.2, 0.25) is 0 Å². The zero-order valence-corrected chi connectivity index (χ0v) is 10.2. The van der Waals surface area contributed by atoms with Gasteiger partial charge in [0.2, 0.25) is 0 Å². The van der Waals surface area contributed by atoms with Crippen LogP contribution in [0.3, 0.4) is 0 Å². The van der Waals surface area contributed by atoms with E-state index in [1.54, 1.807) is 6.92 Å². The van der Waals surface area contributed by atoms with Gasteiger partial charge in [-0.1, -0.05) is 13.8 Å². The summed E-state index contributed by atoms with van der Waals surface area (Å²) in [5, 5.41) is 0. The highest BCUT2D eigenvalue weighted by molar-refractivity contribution is 5.80. The summed E-state index contributed by atoms with van der Waals surface area (Å²) in [6, 6.07) is 0. The molecular formula is C11H23NO2. The first-order valence-electron chi connectivity index (χ1n) is 5.07. The zero-order valence-electron chi connectivity index (χ0n) is 10.2. The monoisotopic (exact) mass is 201 g/mol. The smallest absolute Gasteiger partial charge is 0.326 e. The van der Waals surface area contributed by atoms with Crippen molar-refractivity contribution >= 4 is 5.97 Å². The lowest BCUT2D eigenvalue weighted by atomic mass is 9.92. The van der Waals surface area contributed by atoms with E-state index >= 15 is 0 Å². The van der Waals surface area contributed by atoms with Gasteiger partial charge in [0, 0.05) is 0 Å². The molecule has 0 aromatic rings. The van der Waals surface area contributed by atoms with Gasteiger partial charge in [0.05, 0.1) is 0 Å². The van der Waals surface area contributed by atoms with Gasteiger partial charge in [-0.3, -0.25) is 4.79 Å². The van der Waals surface area contributed by atoms with Gasteiger partial charge in [-0.05, 0) is 40.0 Å². The number of ether oxygens (including phenoxy) is 1. The van der Waals surface area contributed by atoms with Crippen LogP contribution in [0.4, 0.5) is 0 Å². The summed E-state index contributed by atoms with van der Waals surface area (Å²) in [7, 11) is 0. The molecule has 0 radical (unpaired) electrons. The second-order valence-electron chi connectivity index (χ2n) is 5.52. The maximum absolute atomic E-state index is 11.7. The summed E-state index contributed by atoms with van der Waals surface area (Å²) >= 11 is 0. The second-order valence-corrected chi connectivity index (χ2v) is 5.52. The lowest BCUT2D eigenvalue weighted by Gasteiger charge is -2.29. The van der Waals surface area contributed by atoms with Crippen LogP contribution in [0.1, 0.15) is 48.0 Å². The SMILES string of the molecule is CC(C)C[C@](C)(N)C(=O)OC(C)(C)C. The Morgan fingerprint density at radius 2 is 1.71 bits per heavy atom. The maximum Gasteiger partial charge on any atom is 0.326 e.